The van der Waals surface area contributed by atoms with Gasteiger partial charge in [0, 0.05) is 42.1 Å². The van der Waals surface area contributed by atoms with Crippen molar-refractivity contribution in [3.8, 4) is 0 Å². The Morgan fingerprint density at radius 1 is 1.24 bits per heavy atom. The molecule has 1 aromatic carbocycles. The molecule has 0 saturated heterocycles. The number of rotatable bonds is 3. The van der Waals surface area contributed by atoms with Crippen molar-refractivity contribution in [3.05, 3.63) is 59.4 Å². The van der Waals surface area contributed by atoms with E-state index in [1.54, 1.807) is 0 Å². The van der Waals surface area contributed by atoms with Crippen LogP contribution in [-0.4, -0.2) is 23.1 Å². The van der Waals surface area contributed by atoms with Crippen molar-refractivity contribution in [1.82, 2.24) is 4.98 Å². The molecule has 4 rings (SSSR count). The van der Waals surface area contributed by atoms with Crippen LogP contribution in [0.2, 0.25) is 0 Å². The zero-order valence-corrected chi connectivity index (χ0v) is 15.4. The molecule has 2 aliphatic rings. The van der Waals surface area contributed by atoms with Gasteiger partial charge in [0.1, 0.15) is 0 Å². The maximum absolute atomic E-state index is 6.61. The molecule has 1 fully saturated rings. The number of nitrogens with zero attached hydrogens (tertiary/aromatic N) is 2. The van der Waals surface area contributed by atoms with Gasteiger partial charge in [-0.2, -0.15) is 0 Å². The minimum absolute atomic E-state index is 0.0401. The summed E-state index contributed by atoms with van der Waals surface area (Å²) in [7, 11) is 0. The van der Waals surface area contributed by atoms with E-state index in [4.69, 9.17) is 5.73 Å². The number of hydrogen-bond acceptors (Lipinski definition) is 3. The molecule has 1 aliphatic carbocycles. The van der Waals surface area contributed by atoms with E-state index in [1.807, 2.05) is 12.4 Å². The van der Waals surface area contributed by atoms with Gasteiger partial charge < -0.3 is 10.6 Å². The molecule has 3 nitrogen and oxygen atoms in total. The summed E-state index contributed by atoms with van der Waals surface area (Å²) >= 11 is 0. The monoisotopic (exact) mass is 335 g/mol. The quantitative estimate of drug-likeness (QED) is 0.914. The van der Waals surface area contributed by atoms with Gasteiger partial charge in [0.15, 0.2) is 0 Å². The third-order valence-corrected chi connectivity index (χ3v) is 6.08. The van der Waals surface area contributed by atoms with Crippen molar-refractivity contribution in [2.24, 2.45) is 5.73 Å². The first-order chi connectivity index (χ1) is 12.0. The predicted molar refractivity (Wildman–Crippen MR) is 104 cm³/mol. The van der Waals surface area contributed by atoms with Gasteiger partial charge in [0.05, 0.1) is 0 Å². The lowest BCUT2D eigenvalue weighted by atomic mass is 9.83. The lowest BCUT2D eigenvalue weighted by molar-refractivity contribution is 0.383. The first-order valence-corrected chi connectivity index (χ1v) is 9.58. The van der Waals surface area contributed by atoms with Gasteiger partial charge in [-0.25, -0.2) is 0 Å². The minimum atomic E-state index is -0.0401. The lowest BCUT2D eigenvalue weighted by Crippen LogP contribution is -2.39. The number of fused-ring (bicyclic) bond motifs is 3. The van der Waals surface area contributed by atoms with E-state index in [2.05, 4.69) is 54.1 Å². The topological polar surface area (TPSA) is 42.1 Å². The molecule has 25 heavy (non-hydrogen) atoms. The van der Waals surface area contributed by atoms with Crippen LogP contribution < -0.4 is 10.6 Å². The second-order valence-corrected chi connectivity index (χ2v) is 8.29. The molecule has 2 aromatic rings. The molecule has 0 bridgehead atoms. The molecule has 1 aliphatic heterocycles. The summed E-state index contributed by atoms with van der Waals surface area (Å²) in [5.41, 5.74) is 12.3. The molecule has 2 heterocycles. The Morgan fingerprint density at radius 2 is 2.04 bits per heavy atom. The number of pyridine rings is 1. The summed E-state index contributed by atoms with van der Waals surface area (Å²) in [4.78, 5) is 6.81. The van der Waals surface area contributed by atoms with Crippen LogP contribution in [0, 0.1) is 6.92 Å². The SMILES string of the molecule is Cc1ccc2c(c1)[C@@H]1CC(C)(N)CCCC1N2CCc1ccncc1. The van der Waals surface area contributed by atoms with Crippen molar-refractivity contribution < 1.29 is 0 Å². The molecule has 3 heteroatoms. The van der Waals surface area contributed by atoms with E-state index in [0.29, 0.717) is 12.0 Å². The molecule has 3 atom stereocenters. The molecule has 2 N–H and O–H groups in total. The zero-order valence-electron chi connectivity index (χ0n) is 15.4. The third-order valence-electron chi connectivity index (χ3n) is 6.08. The summed E-state index contributed by atoms with van der Waals surface area (Å²) in [5, 5.41) is 0. The number of aromatic nitrogens is 1. The second kappa shape index (κ2) is 6.45. The summed E-state index contributed by atoms with van der Waals surface area (Å²) < 4.78 is 0. The van der Waals surface area contributed by atoms with E-state index in [-0.39, 0.29) is 5.54 Å². The van der Waals surface area contributed by atoms with Crippen LogP contribution in [-0.2, 0) is 6.42 Å². The summed E-state index contributed by atoms with van der Waals surface area (Å²) in [6.07, 6.45) is 9.57. The fraction of sp³-hybridized carbons (Fsp3) is 0.500. The normalized spacial score (nSPS) is 28.4. The molecular weight excluding hydrogens is 306 g/mol. The van der Waals surface area contributed by atoms with Crippen molar-refractivity contribution in [1.29, 1.82) is 0 Å². The predicted octanol–water partition coefficient (Wildman–Crippen LogP) is 4.20. The number of aryl methyl sites for hydroxylation is 1. The van der Waals surface area contributed by atoms with E-state index in [9.17, 15) is 0 Å². The van der Waals surface area contributed by atoms with Crippen LogP contribution in [0.1, 0.15) is 55.2 Å². The van der Waals surface area contributed by atoms with Gasteiger partial charge >= 0.3 is 0 Å². The van der Waals surface area contributed by atoms with Gasteiger partial charge in [-0.3, -0.25) is 4.98 Å². The highest BCUT2D eigenvalue weighted by atomic mass is 15.2. The van der Waals surface area contributed by atoms with E-state index in [1.165, 1.54) is 35.2 Å². The maximum atomic E-state index is 6.61. The van der Waals surface area contributed by atoms with Crippen LogP contribution in [0.5, 0.6) is 0 Å². The van der Waals surface area contributed by atoms with Crippen LogP contribution >= 0.6 is 0 Å². The van der Waals surface area contributed by atoms with Crippen molar-refractivity contribution >= 4 is 5.69 Å². The van der Waals surface area contributed by atoms with E-state index < -0.39 is 0 Å². The molecule has 2 unspecified atom stereocenters. The minimum Gasteiger partial charge on any atom is -0.367 e. The van der Waals surface area contributed by atoms with E-state index in [0.717, 1.165) is 25.8 Å². The number of anilines is 1. The average Bonchev–Trinajstić information content (AvgIpc) is 2.75. The Morgan fingerprint density at radius 3 is 2.84 bits per heavy atom. The Kier molecular flexibility index (Phi) is 4.28. The standard InChI is InChI=1S/C22H29N3/c1-16-5-6-21-18(14-16)19-15-22(2,23)10-3-4-20(19)25(21)13-9-17-7-11-24-12-8-17/h5-8,11-12,14,19-20H,3-4,9-10,13,15,23H2,1-2H3/t19-,20?,22?/m0/s1. The fourth-order valence-electron chi connectivity index (χ4n) is 4.84. The van der Waals surface area contributed by atoms with Crippen molar-refractivity contribution in [2.45, 2.75) is 63.5 Å². The summed E-state index contributed by atoms with van der Waals surface area (Å²) in [6, 6.07) is 11.9. The van der Waals surface area contributed by atoms with Gasteiger partial charge in [-0.15, -0.1) is 0 Å². The molecule has 0 amide bonds. The number of nitrogens with two attached hydrogens (primary N) is 1. The molecule has 1 saturated carbocycles. The fourth-order valence-corrected chi connectivity index (χ4v) is 4.84. The lowest BCUT2D eigenvalue weighted by Gasteiger charge is -2.30. The van der Waals surface area contributed by atoms with Crippen molar-refractivity contribution in [2.75, 3.05) is 11.4 Å². The van der Waals surface area contributed by atoms with Gasteiger partial charge in [0.2, 0.25) is 0 Å². The second-order valence-electron chi connectivity index (χ2n) is 8.29. The Hall–Kier alpha value is -1.87. The third kappa shape index (κ3) is 3.30. The highest BCUT2D eigenvalue weighted by Crippen LogP contribution is 2.48. The Labute approximate surface area is 151 Å². The Balaban J connectivity index is 1.64. The summed E-state index contributed by atoms with van der Waals surface area (Å²) in [6.45, 7) is 5.51. The molecule has 0 radical (unpaired) electrons. The number of hydrogen-bond donors (Lipinski definition) is 1. The first kappa shape index (κ1) is 16.6. The van der Waals surface area contributed by atoms with Gasteiger partial charge in [-0.1, -0.05) is 17.7 Å². The Bertz CT molecular complexity index is 738. The van der Waals surface area contributed by atoms with Crippen LogP contribution in [0.15, 0.2) is 42.7 Å². The smallest absolute Gasteiger partial charge is 0.0405 e. The molecular formula is C22H29N3. The number of benzene rings is 1. The highest BCUT2D eigenvalue weighted by molar-refractivity contribution is 5.63. The maximum Gasteiger partial charge on any atom is 0.0405 e. The first-order valence-electron chi connectivity index (χ1n) is 9.58. The largest absolute Gasteiger partial charge is 0.367 e. The zero-order chi connectivity index (χ0) is 17.4. The van der Waals surface area contributed by atoms with Crippen LogP contribution in [0.3, 0.4) is 0 Å². The molecule has 132 valence electrons. The van der Waals surface area contributed by atoms with Crippen LogP contribution in [0.25, 0.3) is 0 Å². The van der Waals surface area contributed by atoms with Gasteiger partial charge in [-0.05, 0) is 75.3 Å². The van der Waals surface area contributed by atoms with Crippen LogP contribution in [0.4, 0.5) is 5.69 Å². The molecule has 1 aromatic heterocycles. The average molecular weight is 335 g/mol. The van der Waals surface area contributed by atoms with E-state index >= 15 is 0 Å². The summed E-state index contributed by atoms with van der Waals surface area (Å²) in [5.74, 6) is 0.574. The van der Waals surface area contributed by atoms with Gasteiger partial charge in [0.25, 0.3) is 0 Å². The highest BCUT2D eigenvalue weighted by Gasteiger charge is 2.42. The van der Waals surface area contributed by atoms with Crippen molar-refractivity contribution in [3.63, 3.8) is 0 Å². The molecule has 0 spiro atoms.